The van der Waals surface area contributed by atoms with Crippen molar-refractivity contribution in [3.05, 3.63) is 0 Å². The summed E-state index contributed by atoms with van der Waals surface area (Å²) in [6, 6.07) is 0. The van der Waals surface area contributed by atoms with Crippen molar-refractivity contribution in [2.24, 2.45) is 0 Å². The van der Waals surface area contributed by atoms with Crippen molar-refractivity contribution in [2.75, 3.05) is 19.8 Å². The van der Waals surface area contributed by atoms with Crippen LogP contribution in [0.2, 0.25) is 0 Å². The topological polar surface area (TPSA) is 36.9 Å². The van der Waals surface area contributed by atoms with Crippen LogP contribution in [0.15, 0.2) is 0 Å². The van der Waals surface area contributed by atoms with E-state index in [1.165, 1.54) is 89.9 Å². The normalized spacial score (nSPS) is 12.9. The Morgan fingerprint density at radius 1 is 0.515 bits per heavy atom. The van der Waals surface area contributed by atoms with Crippen LogP contribution in [0, 0.1) is 0 Å². The molecule has 197 valence electrons. The van der Waals surface area contributed by atoms with Crippen LogP contribution >= 0.6 is 0 Å². The predicted octanol–water partition coefficient (Wildman–Crippen LogP) is 9.03. The van der Waals surface area contributed by atoms with E-state index in [0.717, 1.165) is 38.7 Å². The fraction of sp³-hybridized carbons (Fsp3) is 1.00. The third-order valence-electron chi connectivity index (χ3n) is 6.28. The molecule has 0 aromatic carbocycles. The molecule has 0 aromatic rings. The summed E-state index contributed by atoms with van der Waals surface area (Å²) in [6.07, 6.45) is 22.6. The third kappa shape index (κ3) is 18.5. The van der Waals surface area contributed by atoms with Crippen LogP contribution in [0.4, 0.5) is 0 Å². The van der Waals surface area contributed by atoms with Crippen LogP contribution in [0.3, 0.4) is 0 Å². The quantitative estimate of drug-likeness (QED) is 0.0634. The van der Waals surface area contributed by atoms with Crippen molar-refractivity contribution in [2.45, 2.75) is 162 Å². The van der Waals surface area contributed by atoms with Gasteiger partial charge in [0.25, 0.3) is 0 Å². The molecule has 0 saturated carbocycles. The van der Waals surface area contributed by atoms with Gasteiger partial charge < -0.3 is 0 Å². The zero-order valence-corrected chi connectivity index (χ0v) is 24.3. The molecule has 0 rings (SSSR count). The van der Waals surface area contributed by atoms with Crippen LogP contribution in [-0.2, 0) is 38.4 Å². The molecule has 4 nitrogen and oxygen atoms in total. The molecule has 1 atom stereocenters. The molecule has 0 spiro atoms. The molecule has 0 saturated heterocycles. The van der Waals surface area contributed by atoms with E-state index in [9.17, 15) is 0 Å². The standard InChI is InChI=1S/C28H57O4.Ti/c1-5-9-13-16-20-24-30-27(23-19-12-8-4)28(29,31-25-21-17-14-10-6-2)32-26-22-18-15-11-7-3;/h27H,5-26H2,1-4H3;/q-1;+1. The van der Waals surface area contributed by atoms with Gasteiger partial charge in [0.2, 0.25) is 0 Å². The van der Waals surface area contributed by atoms with Gasteiger partial charge in [-0.25, -0.2) is 0 Å². The van der Waals surface area contributed by atoms with E-state index in [0.29, 0.717) is 13.2 Å². The predicted molar refractivity (Wildman–Crippen MR) is 136 cm³/mol. The monoisotopic (exact) mass is 505 g/mol. The molecule has 0 aromatic heterocycles. The van der Waals surface area contributed by atoms with Crippen LogP contribution in [0.1, 0.15) is 150 Å². The summed E-state index contributed by atoms with van der Waals surface area (Å²) >= 11 is 1.73. The van der Waals surface area contributed by atoms with Crippen LogP contribution < -0.4 is 0 Å². The molecule has 0 amide bonds. The van der Waals surface area contributed by atoms with Crippen molar-refractivity contribution >= 4 is 0 Å². The van der Waals surface area contributed by atoms with Crippen molar-refractivity contribution in [3.63, 3.8) is 0 Å². The first-order valence-corrected chi connectivity index (χ1v) is 15.1. The average molecular weight is 506 g/mol. The Balaban J connectivity index is 5.00. The second-order valence-corrected chi connectivity index (χ2v) is 9.82. The van der Waals surface area contributed by atoms with Crippen LogP contribution in [0.25, 0.3) is 0 Å². The Kier molecular flexibility index (Phi) is 26.1. The van der Waals surface area contributed by atoms with Gasteiger partial charge in [-0.3, -0.25) is 0 Å². The Hall–Kier alpha value is 0.554. The minimum atomic E-state index is -1.08. The first kappa shape index (κ1) is 33.6. The maximum atomic E-state index is 6.44. The Labute approximate surface area is 219 Å². The maximum absolute atomic E-state index is 6.44. The molecule has 0 aliphatic heterocycles. The van der Waals surface area contributed by atoms with Crippen molar-refractivity contribution < 1.29 is 38.4 Å². The SMILES string of the molecule is CCCCCCCOC(CCCCC)C([O][Ti])(OCCCCCCC)OCCCCCCC. The third-order valence-corrected chi connectivity index (χ3v) is 6.72. The fourth-order valence-corrected chi connectivity index (χ4v) is 4.45. The van der Waals surface area contributed by atoms with Crippen molar-refractivity contribution in [1.82, 2.24) is 0 Å². The number of unbranched alkanes of at least 4 members (excludes halogenated alkanes) is 14. The summed E-state index contributed by atoms with van der Waals surface area (Å²) in [5.74, 6) is -1.08. The van der Waals surface area contributed by atoms with Gasteiger partial charge in [0.1, 0.15) is 0 Å². The van der Waals surface area contributed by atoms with Crippen molar-refractivity contribution in [3.8, 4) is 0 Å². The Morgan fingerprint density at radius 2 is 0.909 bits per heavy atom. The first-order valence-electron chi connectivity index (χ1n) is 14.4. The molecule has 0 heterocycles. The summed E-state index contributed by atoms with van der Waals surface area (Å²) in [5.41, 5.74) is 0. The second-order valence-electron chi connectivity index (χ2n) is 9.50. The van der Waals surface area contributed by atoms with Gasteiger partial charge in [0, 0.05) is 0 Å². The molecule has 5 heteroatoms. The van der Waals surface area contributed by atoms with E-state index in [-0.39, 0.29) is 6.10 Å². The fourth-order valence-electron chi connectivity index (χ4n) is 4.07. The van der Waals surface area contributed by atoms with Gasteiger partial charge in [-0.2, -0.15) is 0 Å². The molecule has 0 aliphatic rings. The molecule has 0 radical (unpaired) electrons. The Morgan fingerprint density at radius 3 is 1.33 bits per heavy atom. The summed E-state index contributed by atoms with van der Waals surface area (Å²) in [7, 11) is 0. The second kappa shape index (κ2) is 25.6. The van der Waals surface area contributed by atoms with E-state index < -0.39 is 5.97 Å². The van der Waals surface area contributed by atoms with Gasteiger partial charge in [-0.15, -0.1) is 0 Å². The summed E-state index contributed by atoms with van der Waals surface area (Å²) in [6.45, 7) is 11.1. The summed E-state index contributed by atoms with van der Waals surface area (Å²) < 4.78 is 25.3. The number of rotatable bonds is 27. The van der Waals surface area contributed by atoms with E-state index in [1.807, 2.05) is 0 Å². The zero-order chi connectivity index (χ0) is 24.5. The molecule has 0 fully saturated rings. The molecule has 0 N–H and O–H groups in total. The molecule has 0 aliphatic carbocycles. The van der Waals surface area contributed by atoms with Gasteiger partial charge in [0.05, 0.1) is 0 Å². The minimum absolute atomic E-state index is 0.175. The summed E-state index contributed by atoms with van der Waals surface area (Å²) in [4.78, 5) is 0. The molecule has 1 unspecified atom stereocenters. The van der Waals surface area contributed by atoms with Gasteiger partial charge >= 0.3 is 220 Å². The first-order chi connectivity index (χ1) is 16.2. The van der Waals surface area contributed by atoms with Crippen LogP contribution in [0.5, 0.6) is 0 Å². The van der Waals surface area contributed by atoms with E-state index in [4.69, 9.17) is 17.5 Å². The van der Waals surface area contributed by atoms with Gasteiger partial charge in [-0.05, 0) is 0 Å². The van der Waals surface area contributed by atoms with Crippen molar-refractivity contribution in [1.29, 1.82) is 0 Å². The zero-order valence-electron chi connectivity index (χ0n) is 22.8. The molecule has 0 bridgehead atoms. The molecular weight excluding hydrogens is 448 g/mol. The Bertz CT molecular complexity index is 365. The average Bonchev–Trinajstić information content (AvgIpc) is 2.83. The van der Waals surface area contributed by atoms with E-state index >= 15 is 0 Å². The van der Waals surface area contributed by atoms with E-state index in [1.54, 1.807) is 20.8 Å². The molecule has 33 heavy (non-hydrogen) atoms. The number of hydrogen-bond acceptors (Lipinski definition) is 4. The number of ether oxygens (including phenoxy) is 3. The molecular formula is C28H57O4Ti. The van der Waals surface area contributed by atoms with Crippen LogP contribution in [-0.4, -0.2) is 31.9 Å². The van der Waals surface area contributed by atoms with E-state index in [2.05, 4.69) is 27.7 Å². The number of hydrogen-bond donors (Lipinski definition) is 0. The van der Waals surface area contributed by atoms with Gasteiger partial charge in [-0.1, -0.05) is 0 Å². The summed E-state index contributed by atoms with van der Waals surface area (Å²) in [5, 5.41) is 0. The van der Waals surface area contributed by atoms with Gasteiger partial charge in [0.15, 0.2) is 0 Å².